The third-order valence-electron chi connectivity index (χ3n) is 2.24. The van der Waals surface area contributed by atoms with Crippen LogP contribution in [-0.2, 0) is 4.79 Å². The summed E-state index contributed by atoms with van der Waals surface area (Å²) in [7, 11) is 0. The summed E-state index contributed by atoms with van der Waals surface area (Å²) in [5, 5.41) is 22.9. The molecule has 0 fully saturated rings. The first-order chi connectivity index (χ1) is 8.82. The second-order valence-corrected chi connectivity index (χ2v) is 4.57. The Morgan fingerprint density at radius 2 is 1.79 bits per heavy atom. The van der Waals surface area contributed by atoms with Crippen molar-refractivity contribution < 1.29 is 19.8 Å². The van der Waals surface area contributed by atoms with Crippen LogP contribution in [0.25, 0.3) is 0 Å². The van der Waals surface area contributed by atoms with Crippen LogP contribution in [0, 0.1) is 0 Å². The molecule has 104 valence electrons. The monoisotopic (exact) mass is 306 g/mol. The van der Waals surface area contributed by atoms with E-state index >= 15 is 0 Å². The number of para-hydroxylation sites is 1. The molecule has 0 bridgehead atoms. The lowest BCUT2D eigenvalue weighted by Gasteiger charge is -2.18. The highest BCUT2D eigenvalue weighted by Crippen LogP contribution is 2.29. The zero-order valence-corrected chi connectivity index (χ0v) is 11.4. The van der Waals surface area contributed by atoms with Gasteiger partial charge < -0.3 is 20.8 Å². The molecule has 2 unspecified atom stereocenters. The third kappa shape index (κ3) is 4.27. The van der Waals surface area contributed by atoms with Crippen LogP contribution in [0.5, 0.6) is 0 Å². The Morgan fingerprint density at radius 3 is 2.21 bits per heavy atom. The molecule has 1 aromatic rings. The highest BCUT2D eigenvalue weighted by molar-refractivity contribution is 6.39. The number of anilines is 1. The molecule has 1 aromatic carbocycles. The number of hydrogen-bond acceptors (Lipinski definition) is 3. The number of carbonyl (C=O) groups excluding carboxylic acids is 1. The standard InChI is InChI=1S/C11H12Cl2N2O4/c1-5(16)8(10(17)18)14-11(19)15-9-6(12)3-2-4-7(9)13/h2-5,8,16H,1H3,(H,17,18)(H2,14,15,19). The first-order valence-electron chi connectivity index (χ1n) is 5.25. The summed E-state index contributed by atoms with van der Waals surface area (Å²) in [6.45, 7) is 1.25. The number of rotatable bonds is 4. The first-order valence-corrected chi connectivity index (χ1v) is 6.01. The molecule has 4 N–H and O–H groups in total. The van der Waals surface area contributed by atoms with Gasteiger partial charge in [-0.1, -0.05) is 29.3 Å². The van der Waals surface area contributed by atoms with Crippen LogP contribution in [0.1, 0.15) is 6.92 Å². The molecule has 0 aliphatic carbocycles. The van der Waals surface area contributed by atoms with Crippen LogP contribution >= 0.6 is 23.2 Å². The lowest BCUT2D eigenvalue weighted by atomic mass is 10.2. The third-order valence-corrected chi connectivity index (χ3v) is 2.87. The van der Waals surface area contributed by atoms with Gasteiger partial charge in [0.1, 0.15) is 0 Å². The molecule has 0 aliphatic heterocycles. The fourth-order valence-electron chi connectivity index (χ4n) is 1.30. The SMILES string of the molecule is CC(O)C(NC(=O)Nc1c(Cl)cccc1Cl)C(=O)O. The lowest BCUT2D eigenvalue weighted by molar-refractivity contribution is -0.141. The molecule has 1 rings (SSSR count). The highest BCUT2D eigenvalue weighted by Gasteiger charge is 2.25. The van der Waals surface area contributed by atoms with Crippen LogP contribution in [0.3, 0.4) is 0 Å². The van der Waals surface area contributed by atoms with Crippen molar-refractivity contribution in [2.75, 3.05) is 5.32 Å². The van der Waals surface area contributed by atoms with Crippen LogP contribution in [-0.4, -0.2) is 34.4 Å². The summed E-state index contributed by atoms with van der Waals surface area (Å²) in [5.41, 5.74) is 0.165. The molecule has 0 heterocycles. The minimum Gasteiger partial charge on any atom is -0.480 e. The van der Waals surface area contributed by atoms with Crippen molar-refractivity contribution in [1.82, 2.24) is 5.32 Å². The second-order valence-electron chi connectivity index (χ2n) is 3.75. The van der Waals surface area contributed by atoms with Gasteiger partial charge in [0.25, 0.3) is 0 Å². The fraction of sp³-hybridized carbons (Fsp3) is 0.273. The van der Waals surface area contributed by atoms with Gasteiger partial charge in [-0.3, -0.25) is 0 Å². The molecule has 0 aromatic heterocycles. The van der Waals surface area contributed by atoms with Crippen molar-refractivity contribution >= 4 is 40.9 Å². The zero-order valence-electron chi connectivity index (χ0n) is 9.85. The van der Waals surface area contributed by atoms with Crippen LogP contribution in [0.15, 0.2) is 18.2 Å². The van der Waals surface area contributed by atoms with Crippen LogP contribution < -0.4 is 10.6 Å². The molecule has 0 radical (unpaired) electrons. The van der Waals surface area contributed by atoms with E-state index < -0.39 is 24.1 Å². The van der Waals surface area contributed by atoms with E-state index in [1.165, 1.54) is 19.1 Å². The van der Waals surface area contributed by atoms with E-state index in [1.807, 2.05) is 0 Å². The largest absolute Gasteiger partial charge is 0.480 e. The number of urea groups is 1. The van der Waals surface area contributed by atoms with Gasteiger partial charge in [0, 0.05) is 0 Å². The smallest absolute Gasteiger partial charge is 0.328 e. The highest BCUT2D eigenvalue weighted by atomic mass is 35.5. The Morgan fingerprint density at radius 1 is 1.26 bits per heavy atom. The summed E-state index contributed by atoms with van der Waals surface area (Å²) in [6.07, 6.45) is -1.25. The van der Waals surface area contributed by atoms with E-state index in [2.05, 4.69) is 10.6 Å². The van der Waals surface area contributed by atoms with Crippen LogP contribution in [0.2, 0.25) is 10.0 Å². The summed E-state index contributed by atoms with van der Waals surface area (Å²) in [6, 6.07) is 2.38. The van der Waals surface area contributed by atoms with Gasteiger partial charge in [0.2, 0.25) is 0 Å². The van der Waals surface area contributed by atoms with Gasteiger partial charge in [-0.05, 0) is 19.1 Å². The summed E-state index contributed by atoms with van der Waals surface area (Å²) in [5.74, 6) is -1.35. The Balaban J connectivity index is 2.78. The topological polar surface area (TPSA) is 98.7 Å². The van der Waals surface area contributed by atoms with Gasteiger partial charge in [-0.15, -0.1) is 0 Å². The molecule has 0 saturated carbocycles. The molecule has 0 spiro atoms. The van der Waals surface area contributed by atoms with E-state index in [0.29, 0.717) is 0 Å². The number of benzene rings is 1. The van der Waals surface area contributed by atoms with E-state index in [1.54, 1.807) is 6.07 Å². The minimum atomic E-state index is -1.43. The maximum absolute atomic E-state index is 11.6. The number of halogens is 2. The number of nitrogens with one attached hydrogen (secondary N) is 2. The number of aliphatic hydroxyl groups is 1. The van der Waals surface area contributed by atoms with Crippen LogP contribution in [0.4, 0.5) is 10.5 Å². The van der Waals surface area contributed by atoms with Crippen molar-refractivity contribution in [3.63, 3.8) is 0 Å². The molecule has 6 nitrogen and oxygen atoms in total. The van der Waals surface area contributed by atoms with Gasteiger partial charge >= 0.3 is 12.0 Å². The number of hydrogen-bond donors (Lipinski definition) is 4. The zero-order chi connectivity index (χ0) is 14.6. The number of amides is 2. The predicted octanol–water partition coefficient (Wildman–Crippen LogP) is 1.95. The van der Waals surface area contributed by atoms with E-state index in [9.17, 15) is 14.7 Å². The van der Waals surface area contributed by atoms with Crippen molar-refractivity contribution in [1.29, 1.82) is 0 Å². The normalized spacial score (nSPS) is 13.5. The average molecular weight is 307 g/mol. The van der Waals surface area contributed by atoms with E-state index in [4.69, 9.17) is 28.3 Å². The van der Waals surface area contributed by atoms with Gasteiger partial charge in [-0.25, -0.2) is 9.59 Å². The number of carboxylic acid groups (broad SMARTS) is 1. The molecular formula is C11H12Cl2N2O4. The van der Waals surface area contributed by atoms with E-state index in [-0.39, 0.29) is 15.7 Å². The van der Waals surface area contributed by atoms with Gasteiger partial charge in [-0.2, -0.15) is 0 Å². The molecule has 2 atom stereocenters. The fourth-order valence-corrected chi connectivity index (χ4v) is 1.79. The van der Waals surface area contributed by atoms with Crippen molar-refractivity contribution in [2.24, 2.45) is 0 Å². The van der Waals surface area contributed by atoms with Gasteiger partial charge in [0.15, 0.2) is 6.04 Å². The molecule has 2 amide bonds. The van der Waals surface area contributed by atoms with E-state index in [0.717, 1.165) is 0 Å². The molecule has 8 heteroatoms. The maximum Gasteiger partial charge on any atom is 0.328 e. The van der Waals surface area contributed by atoms with Crippen molar-refractivity contribution in [3.8, 4) is 0 Å². The molecule has 0 aliphatic rings. The van der Waals surface area contributed by atoms with Crippen molar-refractivity contribution in [2.45, 2.75) is 19.1 Å². The number of carboxylic acids is 1. The minimum absolute atomic E-state index is 0.165. The molecule has 19 heavy (non-hydrogen) atoms. The second kappa shape index (κ2) is 6.60. The predicted molar refractivity (Wildman–Crippen MR) is 71.7 cm³/mol. The Bertz CT molecular complexity index is 473. The summed E-state index contributed by atoms with van der Waals surface area (Å²) < 4.78 is 0. The average Bonchev–Trinajstić information content (AvgIpc) is 2.30. The first kappa shape index (κ1) is 15.6. The molecule has 0 saturated heterocycles. The van der Waals surface area contributed by atoms with Crippen molar-refractivity contribution in [3.05, 3.63) is 28.2 Å². The Hall–Kier alpha value is -1.50. The van der Waals surface area contributed by atoms with Gasteiger partial charge in [0.05, 0.1) is 21.8 Å². The number of aliphatic carboxylic acids is 1. The maximum atomic E-state index is 11.6. The Kier molecular flexibility index (Phi) is 5.41. The summed E-state index contributed by atoms with van der Waals surface area (Å²) in [4.78, 5) is 22.4. The number of carbonyl (C=O) groups is 2. The molecular weight excluding hydrogens is 295 g/mol. The Labute approximate surface area is 119 Å². The number of aliphatic hydroxyl groups excluding tert-OH is 1. The summed E-state index contributed by atoms with van der Waals surface area (Å²) >= 11 is 11.7. The lowest BCUT2D eigenvalue weighted by Crippen LogP contribution is -2.49. The quantitative estimate of drug-likeness (QED) is 0.683.